The highest BCUT2D eigenvalue weighted by Gasteiger charge is 2.47. The Kier molecular flexibility index (Phi) is 4.20. The topological polar surface area (TPSA) is 98.8 Å². The number of hydrazine groups is 1. The lowest BCUT2D eigenvalue weighted by molar-refractivity contribution is -0.132. The zero-order valence-corrected chi connectivity index (χ0v) is 14.2. The van der Waals surface area contributed by atoms with Gasteiger partial charge in [-0.15, -0.1) is 0 Å². The number of rotatable bonds is 4. The Balaban J connectivity index is 1.70. The van der Waals surface area contributed by atoms with Gasteiger partial charge in [0.15, 0.2) is 0 Å². The molecule has 25 heavy (non-hydrogen) atoms. The van der Waals surface area contributed by atoms with Crippen molar-refractivity contribution in [3.05, 3.63) is 29.8 Å². The molecular weight excluding hydrogens is 324 g/mol. The van der Waals surface area contributed by atoms with Crippen LogP contribution in [0.5, 0.6) is 0 Å². The fraction of sp³-hybridized carbons (Fsp3) is 0.412. The summed E-state index contributed by atoms with van der Waals surface area (Å²) in [5, 5.41) is 3.28. The van der Waals surface area contributed by atoms with E-state index in [1.54, 1.807) is 43.0 Å². The molecule has 2 N–H and O–H groups in total. The minimum absolute atomic E-state index is 0.0652. The summed E-state index contributed by atoms with van der Waals surface area (Å²) in [5.41, 5.74) is 2.35. The van der Waals surface area contributed by atoms with Gasteiger partial charge in [-0.1, -0.05) is 6.92 Å². The molecule has 132 valence electrons. The molecule has 0 saturated carbocycles. The predicted molar refractivity (Wildman–Crippen MR) is 89.6 cm³/mol. The Bertz CT molecular complexity index is 746. The fourth-order valence-corrected chi connectivity index (χ4v) is 2.91. The molecule has 0 aliphatic carbocycles. The van der Waals surface area contributed by atoms with E-state index in [4.69, 9.17) is 0 Å². The summed E-state index contributed by atoms with van der Waals surface area (Å²) in [6.45, 7) is 4.06. The first-order chi connectivity index (χ1) is 11.9. The molecule has 2 heterocycles. The van der Waals surface area contributed by atoms with E-state index in [1.807, 2.05) is 0 Å². The van der Waals surface area contributed by atoms with Crippen molar-refractivity contribution in [3.63, 3.8) is 0 Å². The summed E-state index contributed by atoms with van der Waals surface area (Å²) in [5.74, 6) is -0.994. The number of hydrogen-bond acceptors (Lipinski definition) is 4. The van der Waals surface area contributed by atoms with Gasteiger partial charge < -0.3 is 10.2 Å². The average Bonchev–Trinajstić information content (AvgIpc) is 3.12. The summed E-state index contributed by atoms with van der Waals surface area (Å²) in [6.07, 6.45) is 1.77. The average molecular weight is 344 g/mol. The van der Waals surface area contributed by atoms with Crippen molar-refractivity contribution in [2.75, 3.05) is 11.4 Å². The van der Waals surface area contributed by atoms with Crippen LogP contribution >= 0.6 is 0 Å². The van der Waals surface area contributed by atoms with Crippen LogP contribution in [0.4, 0.5) is 10.5 Å². The van der Waals surface area contributed by atoms with E-state index in [0.29, 0.717) is 30.0 Å². The first-order valence-corrected chi connectivity index (χ1v) is 8.24. The summed E-state index contributed by atoms with van der Waals surface area (Å²) in [4.78, 5) is 49.9. The molecule has 0 radical (unpaired) electrons. The maximum absolute atomic E-state index is 12.3. The molecule has 1 aromatic rings. The molecule has 2 saturated heterocycles. The SMILES string of the molecule is CCC1(C)NC(=O)N(NC(=O)c2ccc(N3CCCC3=O)cc2)C1=O. The number of amides is 5. The Morgan fingerprint density at radius 2 is 1.92 bits per heavy atom. The number of anilines is 1. The number of carbonyl (C=O) groups excluding carboxylic acids is 4. The Morgan fingerprint density at radius 3 is 2.44 bits per heavy atom. The van der Waals surface area contributed by atoms with Gasteiger partial charge in [-0.05, 0) is 44.0 Å². The van der Waals surface area contributed by atoms with Gasteiger partial charge in [0.25, 0.3) is 11.8 Å². The van der Waals surface area contributed by atoms with Gasteiger partial charge in [0.05, 0.1) is 0 Å². The van der Waals surface area contributed by atoms with Crippen LogP contribution in [0.2, 0.25) is 0 Å². The van der Waals surface area contributed by atoms with Crippen molar-refractivity contribution in [2.24, 2.45) is 0 Å². The molecule has 5 amide bonds. The van der Waals surface area contributed by atoms with E-state index in [0.717, 1.165) is 12.1 Å². The van der Waals surface area contributed by atoms with E-state index >= 15 is 0 Å². The van der Waals surface area contributed by atoms with Crippen LogP contribution in [0.25, 0.3) is 0 Å². The van der Waals surface area contributed by atoms with Crippen molar-refractivity contribution in [1.29, 1.82) is 0 Å². The highest BCUT2D eigenvalue weighted by molar-refractivity contribution is 6.09. The lowest BCUT2D eigenvalue weighted by atomic mass is 10.00. The van der Waals surface area contributed by atoms with E-state index in [9.17, 15) is 19.2 Å². The lowest BCUT2D eigenvalue weighted by Gasteiger charge is -2.19. The van der Waals surface area contributed by atoms with E-state index in [1.165, 1.54) is 0 Å². The third kappa shape index (κ3) is 2.95. The number of carbonyl (C=O) groups is 4. The second-order valence-electron chi connectivity index (χ2n) is 6.39. The van der Waals surface area contributed by atoms with Crippen LogP contribution < -0.4 is 15.6 Å². The van der Waals surface area contributed by atoms with Gasteiger partial charge in [-0.25, -0.2) is 4.79 Å². The van der Waals surface area contributed by atoms with Gasteiger partial charge in [-0.2, -0.15) is 5.01 Å². The summed E-state index contributed by atoms with van der Waals surface area (Å²) in [6, 6.07) is 5.84. The second kappa shape index (κ2) is 6.19. The fourth-order valence-electron chi connectivity index (χ4n) is 2.91. The number of benzene rings is 1. The van der Waals surface area contributed by atoms with Crippen molar-refractivity contribution in [2.45, 2.75) is 38.6 Å². The van der Waals surface area contributed by atoms with Crippen molar-refractivity contribution < 1.29 is 19.2 Å². The first kappa shape index (κ1) is 16.9. The first-order valence-electron chi connectivity index (χ1n) is 8.24. The molecule has 3 rings (SSSR count). The van der Waals surface area contributed by atoms with Gasteiger partial charge >= 0.3 is 6.03 Å². The molecule has 2 aliphatic rings. The summed E-state index contributed by atoms with van der Waals surface area (Å²) >= 11 is 0. The number of hydrogen-bond donors (Lipinski definition) is 2. The molecule has 0 spiro atoms. The maximum atomic E-state index is 12.3. The van der Waals surface area contributed by atoms with Gasteiger partial charge in [-0.3, -0.25) is 19.8 Å². The minimum atomic E-state index is -1.01. The summed E-state index contributed by atoms with van der Waals surface area (Å²) < 4.78 is 0. The Morgan fingerprint density at radius 1 is 1.24 bits per heavy atom. The number of imide groups is 1. The zero-order valence-electron chi connectivity index (χ0n) is 14.2. The van der Waals surface area contributed by atoms with Gasteiger partial charge in [0.2, 0.25) is 5.91 Å². The van der Waals surface area contributed by atoms with Crippen LogP contribution in [0.3, 0.4) is 0 Å². The largest absolute Gasteiger partial charge is 0.344 e. The second-order valence-corrected chi connectivity index (χ2v) is 6.39. The van der Waals surface area contributed by atoms with Crippen LogP contribution in [0.1, 0.15) is 43.5 Å². The monoisotopic (exact) mass is 344 g/mol. The van der Waals surface area contributed by atoms with Crippen molar-refractivity contribution in [1.82, 2.24) is 15.8 Å². The standard InChI is InChI=1S/C17H20N4O4/c1-3-17(2)15(24)21(16(25)18-17)19-14(23)11-6-8-12(9-7-11)20-10-4-5-13(20)22/h6-9H,3-5,10H2,1-2H3,(H,18,25)(H,19,23). The molecule has 0 bridgehead atoms. The van der Waals surface area contributed by atoms with Gasteiger partial charge in [0, 0.05) is 24.2 Å². The lowest BCUT2D eigenvalue weighted by Crippen LogP contribution is -2.48. The van der Waals surface area contributed by atoms with Crippen LogP contribution in [-0.2, 0) is 9.59 Å². The minimum Gasteiger partial charge on any atom is -0.322 e. The molecule has 8 heteroatoms. The molecule has 0 aromatic heterocycles. The molecular formula is C17H20N4O4. The maximum Gasteiger partial charge on any atom is 0.344 e. The normalized spacial score (nSPS) is 23.2. The third-order valence-corrected chi connectivity index (χ3v) is 4.70. The third-order valence-electron chi connectivity index (χ3n) is 4.70. The molecule has 2 aliphatic heterocycles. The zero-order chi connectivity index (χ0) is 18.2. The van der Waals surface area contributed by atoms with Crippen molar-refractivity contribution >= 4 is 29.4 Å². The van der Waals surface area contributed by atoms with E-state index in [-0.39, 0.29) is 5.91 Å². The molecule has 1 atom stereocenters. The highest BCUT2D eigenvalue weighted by atomic mass is 16.2. The smallest absolute Gasteiger partial charge is 0.322 e. The molecule has 2 fully saturated rings. The Hall–Kier alpha value is -2.90. The molecule has 1 unspecified atom stereocenters. The van der Waals surface area contributed by atoms with Crippen molar-refractivity contribution in [3.8, 4) is 0 Å². The number of urea groups is 1. The van der Waals surface area contributed by atoms with Crippen LogP contribution in [-0.4, -0.2) is 40.8 Å². The Labute approximate surface area is 145 Å². The van der Waals surface area contributed by atoms with E-state index < -0.39 is 23.4 Å². The van der Waals surface area contributed by atoms with Crippen LogP contribution in [0, 0.1) is 0 Å². The molecule has 8 nitrogen and oxygen atoms in total. The molecule has 1 aromatic carbocycles. The van der Waals surface area contributed by atoms with Gasteiger partial charge in [0.1, 0.15) is 5.54 Å². The van der Waals surface area contributed by atoms with E-state index in [2.05, 4.69) is 10.7 Å². The highest BCUT2D eigenvalue weighted by Crippen LogP contribution is 2.22. The number of nitrogens with zero attached hydrogens (tertiary/aromatic N) is 2. The van der Waals surface area contributed by atoms with Crippen LogP contribution in [0.15, 0.2) is 24.3 Å². The summed E-state index contributed by atoms with van der Waals surface area (Å²) in [7, 11) is 0. The quantitative estimate of drug-likeness (QED) is 0.801. The predicted octanol–water partition coefficient (Wildman–Crippen LogP) is 1.18. The number of nitrogens with one attached hydrogen (secondary N) is 2.